The molecule has 9 nitrogen and oxygen atoms in total. The van der Waals surface area contributed by atoms with Gasteiger partial charge in [0, 0.05) is 19.3 Å². The van der Waals surface area contributed by atoms with Crippen molar-refractivity contribution >= 4 is 36.3 Å². The van der Waals surface area contributed by atoms with Crippen molar-refractivity contribution in [1.82, 2.24) is 5.32 Å². The van der Waals surface area contributed by atoms with E-state index in [2.05, 4.69) is 17.9 Å². The van der Waals surface area contributed by atoms with Crippen LogP contribution in [0.3, 0.4) is 0 Å². The van der Waals surface area contributed by atoms with Gasteiger partial charge in [0.15, 0.2) is 5.78 Å². The Bertz CT molecular complexity index is 710. The number of ketones is 1. The molecule has 27 heavy (non-hydrogen) atoms. The fourth-order valence-electron chi connectivity index (χ4n) is 2.33. The Morgan fingerprint density at radius 2 is 1.93 bits per heavy atom. The molecule has 5 N–H and O–H groups in total. The lowest BCUT2D eigenvalue weighted by atomic mass is 10.0. The van der Waals surface area contributed by atoms with Crippen molar-refractivity contribution in [3.05, 3.63) is 35.4 Å². The van der Waals surface area contributed by atoms with Crippen LogP contribution in [0.5, 0.6) is 0 Å². The molecule has 1 rings (SSSR count). The van der Waals surface area contributed by atoms with E-state index in [9.17, 15) is 19.2 Å². The van der Waals surface area contributed by atoms with Crippen LogP contribution in [0.2, 0.25) is 0 Å². The average molecular weight is 398 g/mol. The van der Waals surface area contributed by atoms with Crippen molar-refractivity contribution in [2.45, 2.75) is 31.0 Å². The van der Waals surface area contributed by atoms with Gasteiger partial charge in [0.25, 0.3) is 0 Å². The van der Waals surface area contributed by atoms with E-state index < -0.39 is 41.8 Å². The molecular formula is C17H22N2O7S. The van der Waals surface area contributed by atoms with Crippen LogP contribution in [0, 0.1) is 0 Å². The highest BCUT2D eigenvalue weighted by Crippen LogP contribution is 2.09. The highest BCUT2D eigenvalue weighted by Gasteiger charge is 2.29. The maximum Gasteiger partial charge on any atom is 0.335 e. The van der Waals surface area contributed by atoms with Gasteiger partial charge in [-0.2, -0.15) is 12.6 Å². The highest BCUT2D eigenvalue weighted by molar-refractivity contribution is 7.80. The van der Waals surface area contributed by atoms with Gasteiger partial charge >= 0.3 is 11.9 Å². The van der Waals surface area contributed by atoms with Gasteiger partial charge in [-0.3, -0.25) is 14.4 Å². The first-order valence-electron chi connectivity index (χ1n) is 7.96. The molecule has 148 valence electrons. The highest BCUT2D eigenvalue weighted by atomic mass is 32.1. The first-order valence-corrected chi connectivity index (χ1v) is 8.59. The quantitative estimate of drug-likeness (QED) is 0.319. The van der Waals surface area contributed by atoms with Gasteiger partial charge in [-0.1, -0.05) is 12.1 Å². The van der Waals surface area contributed by atoms with Crippen LogP contribution in [-0.2, 0) is 25.5 Å². The van der Waals surface area contributed by atoms with Gasteiger partial charge in [0.2, 0.25) is 5.91 Å². The van der Waals surface area contributed by atoms with Crippen LogP contribution >= 0.6 is 12.6 Å². The Labute approximate surface area is 161 Å². The molecule has 0 saturated heterocycles. The summed E-state index contributed by atoms with van der Waals surface area (Å²) in [5.41, 5.74) is 5.99. The Morgan fingerprint density at radius 3 is 2.44 bits per heavy atom. The van der Waals surface area contributed by atoms with E-state index in [4.69, 9.17) is 20.7 Å². The number of nitrogens with one attached hydrogen (secondary N) is 1. The second-order valence-electron chi connectivity index (χ2n) is 5.79. The van der Waals surface area contributed by atoms with E-state index in [0.717, 1.165) is 0 Å². The van der Waals surface area contributed by atoms with Gasteiger partial charge in [-0.25, -0.2) is 4.79 Å². The first-order chi connectivity index (χ1) is 12.7. The molecule has 0 aliphatic rings. The van der Waals surface area contributed by atoms with E-state index in [0.29, 0.717) is 5.56 Å². The molecule has 0 radical (unpaired) electrons. The monoisotopic (exact) mass is 398 g/mol. The number of hydrogen-bond donors (Lipinski definition) is 5. The number of carboxylic acid groups (broad SMARTS) is 2. The summed E-state index contributed by atoms with van der Waals surface area (Å²) in [4.78, 5) is 46.4. The van der Waals surface area contributed by atoms with E-state index in [1.165, 1.54) is 25.3 Å². The number of hydrogen-bond acceptors (Lipinski definition) is 7. The number of thiol groups is 1. The van der Waals surface area contributed by atoms with E-state index in [1.54, 1.807) is 6.07 Å². The second kappa shape index (κ2) is 10.7. The zero-order valence-electron chi connectivity index (χ0n) is 14.6. The van der Waals surface area contributed by atoms with Crippen LogP contribution in [-0.4, -0.2) is 64.9 Å². The number of aromatic carboxylic acids is 1. The first kappa shape index (κ1) is 22.6. The summed E-state index contributed by atoms with van der Waals surface area (Å²) in [6, 6.07) is 3.54. The van der Waals surface area contributed by atoms with Crippen molar-refractivity contribution < 1.29 is 34.1 Å². The molecule has 0 saturated carbocycles. The fraction of sp³-hybridized carbons (Fsp3) is 0.412. The van der Waals surface area contributed by atoms with Gasteiger partial charge in [-0.05, 0) is 17.7 Å². The standard InChI is InChI=1S/C17H22N2O7S/c1-26-13(15(18)17(24)25)7-12(20)11(8-27)19-14(21)6-9-3-2-4-10(5-9)16(22)23/h2-5,11,13,15,27H,6-8,18H2,1H3,(H,19,21)(H,22,23)(H,24,25)/t11-,13+,15+/m0/s1. The predicted octanol–water partition coefficient (Wildman–Crippen LogP) is -0.272. The Balaban J connectivity index is 2.72. The summed E-state index contributed by atoms with van der Waals surface area (Å²) in [7, 11) is 1.24. The number of carboxylic acids is 2. The van der Waals surface area contributed by atoms with E-state index >= 15 is 0 Å². The second-order valence-corrected chi connectivity index (χ2v) is 6.16. The van der Waals surface area contributed by atoms with Crippen molar-refractivity contribution in [3.8, 4) is 0 Å². The fourth-order valence-corrected chi connectivity index (χ4v) is 2.62. The minimum Gasteiger partial charge on any atom is -0.480 e. The van der Waals surface area contributed by atoms with Crippen molar-refractivity contribution in [3.63, 3.8) is 0 Å². The lowest BCUT2D eigenvalue weighted by Crippen LogP contribution is -2.48. The van der Waals surface area contributed by atoms with Crippen molar-refractivity contribution in [2.24, 2.45) is 5.73 Å². The number of carbonyl (C=O) groups excluding carboxylic acids is 2. The van der Waals surface area contributed by atoms with Crippen LogP contribution in [0.1, 0.15) is 22.3 Å². The molecule has 0 aliphatic carbocycles. The SMILES string of the molecule is CO[C@H](CC(=O)[C@H](CS)NC(=O)Cc1cccc(C(=O)O)c1)[C@@H](N)C(=O)O. The summed E-state index contributed by atoms with van der Waals surface area (Å²) >= 11 is 4.04. The number of aliphatic carboxylic acids is 1. The minimum absolute atomic E-state index is 0.00151. The van der Waals surface area contributed by atoms with Crippen molar-refractivity contribution in [1.29, 1.82) is 0 Å². The van der Waals surface area contributed by atoms with E-state index in [-0.39, 0.29) is 24.2 Å². The smallest absolute Gasteiger partial charge is 0.335 e. The molecule has 1 aromatic carbocycles. The molecule has 0 bridgehead atoms. The molecular weight excluding hydrogens is 376 g/mol. The third-order valence-electron chi connectivity index (χ3n) is 3.84. The van der Waals surface area contributed by atoms with Gasteiger partial charge in [0.1, 0.15) is 6.04 Å². The number of Topliss-reactive ketones (excluding diaryl/α,β-unsaturated/α-hetero) is 1. The Kier molecular flexibility index (Phi) is 8.92. The third-order valence-corrected chi connectivity index (χ3v) is 4.20. The number of rotatable bonds is 11. The topological polar surface area (TPSA) is 156 Å². The molecule has 0 spiro atoms. The molecule has 0 unspecified atom stereocenters. The number of benzene rings is 1. The zero-order chi connectivity index (χ0) is 20.6. The van der Waals surface area contributed by atoms with Crippen LogP contribution in [0.4, 0.5) is 0 Å². The number of amides is 1. The summed E-state index contributed by atoms with van der Waals surface area (Å²) in [6.07, 6.45) is -1.47. The Morgan fingerprint density at radius 1 is 1.26 bits per heavy atom. The number of carbonyl (C=O) groups is 4. The Hall–Kier alpha value is -2.43. The van der Waals surface area contributed by atoms with Crippen LogP contribution < -0.4 is 11.1 Å². The predicted molar refractivity (Wildman–Crippen MR) is 98.9 cm³/mol. The normalized spacial score (nSPS) is 14.0. The number of nitrogens with two attached hydrogens (primary N) is 1. The molecule has 1 amide bonds. The summed E-state index contributed by atoms with van der Waals surface area (Å²) in [6.45, 7) is 0. The molecule has 3 atom stereocenters. The number of methoxy groups -OCH3 is 1. The summed E-state index contributed by atoms with van der Waals surface area (Å²) < 4.78 is 4.96. The molecule has 0 heterocycles. The molecule has 1 aromatic rings. The summed E-state index contributed by atoms with van der Waals surface area (Å²) in [5, 5.41) is 20.4. The molecule has 0 aromatic heterocycles. The summed E-state index contributed by atoms with van der Waals surface area (Å²) in [5.74, 6) is -3.39. The molecule has 10 heteroatoms. The van der Waals surface area contributed by atoms with Crippen LogP contribution in [0.25, 0.3) is 0 Å². The average Bonchev–Trinajstić information content (AvgIpc) is 2.63. The van der Waals surface area contributed by atoms with Gasteiger partial charge in [-0.15, -0.1) is 0 Å². The maximum atomic E-state index is 12.3. The minimum atomic E-state index is -1.38. The lowest BCUT2D eigenvalue weighted by Gasteiger charge is -2.22. The van der Waals surface area contributed by atoms with E-state index in [1.807, 2.05) is 0 Å². The number of ether oxygens (including phenoxy) is 1. The third kappa shape index (κ3) is 7.00. The molecule has 0 fully saturated rings. The lowest BCUT2D eigenvalue weighted by molar-refractivity contribution is -0.142. The van der Waals surface area contributed by atoms with Crippen molar-refractivity contribution in [2.75, 3.05) is 12.9 Å². The van der Waals surface area contributed by atoms with Crippen LogP contribution in [0.15, 0.2) is 24.3 Å². The molecule has 0 aliphatic heterocycles. The zero-order valence-corrected chi connectivity index (χ0v) is 15.5. The maximum absolute atomic E-state index is 12.3. The largest absolute Gasteiger partial charge is 0.480 e. The van der Waals surface area contributed by atoms with Gasteiger partial charge in [0.05, 0.1) is 24.1 Å². The van der Waals surface area contributed by atoms with Gasteiger partial charge < -0.3 is 26.0 Å².